The molecule has 178 valence electrons. The van der Waals surface area contributed by atoms with Gasteiger partial charge in [-0.05, 0) is 56.6 Å². The number of aliphatic hydroxyl groups is 1. The molecule has 0 amide bonds. The highest BCUT2D eigenvalue weighted by molar-refractivity contribution is 5.72. The van der Waals surface area contributed by atoms with Crippen LogP contribution in [0.3, 0.4) is 0 Å². The predicted octanol–water partition coefficient (Wildman–Crippen LogP) is 5.06. The van der Waals surface area contributed by atoms with Crippen LogP contribution in [0.5, 0.6) is 0 Å². The summed E-state index contributed by atoms with van der Waals surface area (Å²) in [6.45, 7) is 16.4. The number of cyclic esters (lactones) is 1. The monoisotopic (exact) mass is 444 g/mol. The summed E-state index contributed by atoms with van der Waals surface area (Å²) < 4.78 is 18.0. The van der Waals surface area contributed by atoms with Gasteiger partial charge in [0.1, 0.15) is 18.3 Å². The molecule has 0 aliphatic carbocycles. The molecule has 3 unspecified atom stereocenters. The topological polar surface area (TPSA) is 68.3 Å². The predicted molar refractivity (Wildman–Crippen MR) is 126 cm³/mol. The normalized spacial score (nSPS) is 41.4. The summed E-state index contributed by atoms with van der Waals surface area (Å²) in [5.41, 5.74) is 3.00. The van der Waals surface area contributed by atoms with E-state index in [-0.39, 0.29) is 48.3 Å². The number of carbonyl (C=O) groups excluding carboxylic acids is 1. The SMILES string of the molecule is C=C1C[C@H](O)[C@@H]2O[C@H]2[C@@H]2CC(=C)[C@H](CCC(C/C=C/C)OC(=O)C(C)CC(C)/C=C/1C)O2. The lowest BCUT2D eigenvalue weighted by Crippen LogP contribution is -2.26. The molecule has 3 heterocycles. The zero-order valence-electron chi connectivity index (χ0n) is 20.1. The van der Waals surface area contributed by atoms with Gasteiger partial charge in [-0.1, -0.05) is 50.8 Å². The molecule has 2 fully saturated rings. The summed E-state index contributed by atoms with van der Waals surface area (Å²) in [5, 5.41) is 10.7. The van der Waals surface area contributed by atoms with Gasteiger partial charge >= 0.3 is 5.97 Å². The second-order valence-electron chi connectivity index (χ2n) is 9.87. The number of epoxide rings is 1. The second-order valence-corrected chi connectivity index (χ2v) is 9.87. The van der Waals surface area contributed by atoms with E-state index in [0.717, 1.165) is 36.0 Å². The van der Waals surface area contributed by atoms with Crippen LogP contribution >= 0.6 is 0 Å². The van der Waals surface area contributed by atoms with E-state index in [1.807, 2.05) is 32.9 Å². The number of allylic oxidation sites excluding steroid dienone is 3. The largest absolute Gasteiger partial charge is 0.462 e. The van der Waals surface area contributed by atoms with Crippen molar-refractivity contribution in [3.05, 3.63) is 48.1 Å². The van der Waals surface area contributed by atoms with E-state index in [1.165, 1.54) is 0 Å². The van der Waals surface area contributed by atoms with Crippen LogP contribution in [-0.2, 0) is 19.0 Å². The molecular weight excluding hydrogens is 404 g/mol. The Bertz CT molecular complexity index is 766. The highest BCUT2D eigenvalue weighted by atomic mass is 16.6. The molecule has 3 rings (SSSR count). The Hall–Kier alpha value is -1.69. The number of fused-ring (bicyclic) bond motifs is 4. The van der Waals surface area contributed by atoms with Crippen molar-refractivity contribution < 1.29 is 24.1 Å². The van der Waals surface area contributed by atoms with Crippen molar-refractivity contribution in [2.45, 2.75) is 103 Å². The Kier molecular flexibility index (Phi) is 8.54. The smallest absolute Gasteiger partial charge is 0.308 e. The van der Waals surface area contributed by atoms with Gasteiger partial charge in [-0.25, -0.2) is 0 Å². The van der Waals surface area contributed by atoms with Crippen LogP contribution in [0, 0.1) is 11.8 Å². The van der Waals surface area contributed by atoms with Gasteiger partial charge in [0.05, 0.1) is 24.2 Å². The van der Waals surface area contributed by atoms with E-state index in [4.69, 9.17) is 14.2 Å². The van der Waals surface area contributed by atoms with Gasteiger partial charge in [-0.2, -0.15) is 0 Å². The number of esters is 1. The summed E-state index contributed by atoms with van der Waals surface area (Å²) in [4.78, 5) is 12.8. The van der Waals surface area contributed by atoms with Crippen molar-refractivity contribution >= 4 is 5.97 Å². The maximum Gasteiger partial charge on any atom is 0.308 e. The molecule has 0 spiro atoms. The van der Waals surface area contributed by atoms with Crippen molar-refractivity contribution in [3.63, 3.8) is 0 Å². The van der Waals surface area contributed by atoms with Crippen LogP contribution in [0.25, 0.3) is 0 Å². The Morgan fingerprint density at radius 3 is 2.62 bits per heavy atom. The minimum absolute atomic E-state index is 0.0646. The van der Waals surface area contributed by atoms with E-state index in [1.54, 1.807) is 0 Å². The third kappa shape index (κ3) is 6.43. The molecule has 8 atom stereocenters. The minimum Gasteiger partial charge on any atom is -0.462 e. The molecule has 5 heteroatoms. The Balaban J connectivity index is 1.77. The molecule has 0 aromatic rings. The molecule has 0 aromatic heterocycles. The summed E-state index contributed by atoms with van der Waals surface area (Å²) in [6.07, 6.45) is 9.06. The number of rotatable bonds is 2. The van der Waals surface area contributed by atoms with Crippen LogP contribution in [0.1, 0.15) is 66.2 Å². The van der Waals surface area contributed by atoms with Gasteiger partial charge in [0.2, 0.25) is 0 Å². The number of aliphatic hydroxyl groups excluding tert-OH is 1. The molecule has 5 nitrogen and oxygen atoms in total. The van der Waals surface area contributed by atoms with E-state index < -0.39 is 6.10 Å². The van der Waals surface area contributed by atoms with E-state index in [9.17, 15) is 9.90 Å². The molecule has 2 bridgehead atoms. The molecule has 0 aromatic carbocycles. The lowest BCUT2D eigenvalue weighted by molar-refractivity contribution is -0.154. The molecule has 3 aliphatic rings. The quantitative estimate of drug-likeness (QED) is 0.366. The van der Waals surface area contributed by atoms with Gasteiger partial charge < -0.3 is 19.3 Å². The number of hydrogen-bond acceptors (Lipinski definition) is 5. The summed E-state index contributed by atoms with van der Waals surface area (Å²) >= 11 is 0. The molecule has 3 aliphatic heterocycles. The third-order valence-corrected chi connectivity index (χ3v) is 6.91. The highest BCUT2D eigenvalue weighted by Crippen LogP contribution is 2.40. The van der Waals surface area contributed by atoms with Crippen molar-refractivity contribution in [3.8, 4) is 0 Å². The Labute approximate surface area is 193 Å². The molecule has 2 saturated heterocycles. The zero-order chi connectivity index (χ0) is 23.4. The first-order chi connectivity index (χ1) is 15.2. The first kappa shape index (κ1) is 24.9. The average molecular weight is 445 g/mol. The van der Waals surface area contributed by atoms with Crippen molar-refractivity contribution in [1.29, 1.82) is 0 Å². The number of ether oxygens (including phenoxy) is 3. The fourth-order valence-electron chi connectivity index (χ4n) is 4.88. The molecule has 1 N–H and O–H groups in total. The van der Waals surface area contributed by atoms with Gasteiger partial charge in [-0.15, -0.1) is 0 Å². The first-order valence-corrected chi connectivity index (χ1v) is 12.0. The lowest BCUT2D eigenvalue weighted by atomic mass is 9.92. The second kappa shape index (κ2) is 11.0. The zero-order valence-corrected chi connectivity index (χ0v) is 20.1. The van der Waals surface area contributed by atoms with Crippen molar-refractivity contribution in [2.24, 2.45) is 11.8 Å². The molecular formula is C27H40O5. The fourth-order valence-corrected chi connectivity index (χ4v) is 4.88. The van der Waals surface area contributed by atoms with E-state index in [2.05, 4.69) is 26.2 Å². The lowest BCUT2D eigenvalue weighted by Gasteiger charge is -2.22. The van der Waals surface area contributed by atoms with Crippen molar-refractivity contribution in [1.82, 2.24) is 0 Å². The summed E-state index contributed by atoms with van der Waals surface area (Å²) in [7, 11) is 0. The molecule has 0 saturated carbocycles. The van der Waals surface area contributed by atoms with Crippen LogP contribution < -0.4 is 0 Å². The van der Waals surface area contributed by atoms with Crippen LogP contribution in [-0.4, -0.2) is 47.7 Å². The fraction of sp³-hybridized carbons (Fsp3) is 0.667. The van der Waals surface area contributed by atoms with Gasteiger partial charge in [0, 0.05) is 12.8 Å². The van der Waals surface area contributed by atoms with Gasteiger partial charge in [-0.3, -0.25) is 4.79 Å². The van der Waals surface area contributed by atoms with Gasteiger partial charge in [0.25, 0.3) is 0 Å². The van der Waals surface area contributed by atoms with Crippen molar-refractivity contribution in [2.75, 3.05) is 0 Å². The molecule has 0 radical (unpaired) electrons. The highest BCUT2D eigenvalue weighted by Gasteiger charge is 2.52. The summed E-state index contributed by atoms with van der Waals surface area (Å²) in [5.74, 6) is -0.134. The standard InChI is InChI=1S/C27H40O5/c1-7-8-9-21-10-11-23-19(5)15-24(31-23)26-25(32-26)22(28)14-18(4)17(3)12-16(2)13-20(6)27(29)30-21/h7-8,12,16,20-26,28H,4-5,9-11,13-15H2,1-3,6H3/b8-7+,17-12+/t16?,20?,21?,22-,23-,24-,25-,26-/m0/s1. The van der Waals surface area contributed by atoms with Crippen LogP contribution in [0.15, 0.2) is 48.1 Å². The number of hydrogen-bond donors (Lipinski definition) is 1. The first-order valence-electron chi connectivity index (χ1n) is 12.0. The Morgan fingerprint density at radius 1 is 1.16 bits per heavy atom. The van der Waals surface area contributed by atoms with Crippen LogP contribution in [0.4, 0.5) is 0 Å². The molecule has 32 heavy (non-hydrogen) atoms. The van der Waals surface area contributed by atoms with Gasteiger partial charge in [0.15, 0.2) is 0 Å². The Morgan fingerprint density at radius 2 is 1.91 bits per heavy atom. The van der Waals surface area contributed by atoms with E-state index >= 15 is 0 Å². The maximum absolute atomic E-state index is 12.8. The number of carbonyl (C=O) groups is 1. The maximum atomic E-state index is 12.8. The minimum atomic E-state index is -0.597. The third-order valence-electron chi connectivity index (χ3n) is 6.91. The van der Waals surface area contributed by atoms with Crippen LogP contribution in [0.2, 0.25) is 0 Å². The average Bonchev–Trinajstić information content (AvgIpc) is 3.45. The van der Waals surface area contributed by atoms with E-state index in [0.29, 0.717) is 19.3 Å². The summed E-state index contributed by atoms with van der Waals surface area (Å²) in [6, 6.07) is 0.